The lowest BCUT2D eigenvalue weighted by Gasteiger charge is -2.10. The second-order valence-electron chi connectivity index (χ2n) is 4.08. The van der Waals surface area contributed by atoms with Crippen LogP contribution in [-0.2, 0) is 6.42 Å². The number of nitrogens with zero attached hydrogens (tertiary/aromatic N) is 2. The number of aryl methyl sites for hydroxylation is 1. The summed E-state index contributed by atoms with van der Waals surface area (Å²) in [5, 5.41) is 0. The summed E-state index contributed by atoms with van der Waals surface area (Å²) in [4.78, 5) is 8.59. The van der Waals surface area contributed by atoms with Crippen LogP contribution in [0.1, 0.15) is 18.2 Å². The highest BCUT2D eigenvalue weighted by molar-refractivity contribution is 5.65. The molecule has 0 saturated heterocycles. The summed E-state index contributed by atoms with van der Waals surface area (Å²) in [6.07, 6.45) is 0.849. The fraction of sp³-hybridized carbons (Fsp3) is 0.286. The van der Waals surface area contributed by atoms with E-state index in [1.165, 1.54) is 0 Å². The highest BCUT2D eigenvalue weighted by atomic mass is 16.5. The molecular formula is C14H17N3O. The van der Waals surface area contributed by atoms with Crippen LogP contribution in [0.15, 0.2) is 24.3 Å². The van der Waals surface area contributed by atoms with Crippen molar-refractivity contribution in [3.8, 4) is 17.0 Å². The molecule has 0 atom stereocenters. The standard InChI is InChI=1S/C14H17N3O/c1-4-12-9(2)13(17-14(15)16-12)10-5-7-11(18-3)8-6-10/h5-8H,4H2,1-3H3,(H2,15,16,17). The molecule has 0 radical (unpaired) electrons. The summed E-state index contributed by atoms with van der Waals surface area (Å²) in [5.74, 6) is 1.15. The summed E-state index contributed by atoms with van der Waals surface area (Å²) in [6, 6.07) is 7.79. The van der Waals surface area contributed by atoms with Crippen LogP contribution in [-0.4, -0.2) is 17.1 Å². The Balaban J connectivity index is 2.52. The molecule has 18 heavy (non-hydrogen) atoms. The van der Waals surface area contributed by atoms with E-state index in [9.17, 15) is 0 Å². The minimum Gasteiger partial charge on any atom is -0.497 e. The van der Waals surface area contributed by atoms with E-state index < -0.39 is 0 Å². The van der Waals surface area contributed by atoms with Gasteiger partial charge in [0.15, 0.2) is 0 Å². The first-order chi connectivity index (χ1) is 8.65. The molecule has 4 nitrogen and oxygen atoms in total. The quantitative estimate of drug-likeness (QED) is 0.900. The molecule has 0 aliphatic heterocycles. The minimum atomic E-state index is 0.322. The zero-order chi connectivity index (χ0) is 13.1. The average molecular weight is 243 g/mol. The van der Waals surface area contributed by atoms with Gasteiger partial charge in [-0.2, -0.15) is 0 Å². The van der Waals surface area contributed by atoms with Gasteiger partial charge in [-0.05, 0) is 43.2 Å². The lowest BCUT2D eigenvalue weighted by molar-refractivity contribution is 0.415. The topological polar surface area (TPSA) is 61.0 Å². The molecule has 94 valence electrons. The van der Waals surface area contributed by atoms with E-state index in [1.807, 2.05) is 31.2 Å². The van der Waals surface area contributed by atoms with Crippen molar-refractivity contribution in [3.63, 3.8) is 0 Å². The van der Waals surface area contributed by atoms with Crippen LogP contribution < -0.4 is 10.5 Å². The van der Waals surface area contributed by atoms with E-state index in [-0.39, 0.29) is 0 Å². The summed E-state index contributed by atoms with van der Waals surface area (Å²) in [6.45, 7) is 4.09. The Morgan fingerprint density at radius 2 is 1.83 bits per heavy atom. The normalized spacial score (nSPS) is 10.4. The fourth-order valence-corrected chi connectivity index (χ4v) is 1.96. The molecule has 0 amide bonds. The van der Waals surface area contributed by atoms with Gasteiger partial charge in [-0.3, -0.25) is 0 Å². The second-order valence-corrected chi connectivity index (χ2v) is 4.08. The Labute approximate surface area is 107 Å². The predicted octanol–water partition coefficient (Wildman–Crippen LogP) is 2.61. The van der Waals surface area contributed by atoms with Gasteiger partial charge in [0.1, 0.15) is 5.75 Å². The third kappa shape index (κ3) is 2.27. The summed E-state index contributed by atoms with van der Waals surface area (Å²) >= 11 is 0. The molecule has 0 unspecified atom stereocenters. The molecule has 0 aliphatic rings. The lowest BCUT2D eigenvalue weighted by Crippen LogP contribution is -2.04. The third-order valence-corrected chi connectivity index (χ3v) is 2.96. The van der Waals surface area contributed by atoms with E-state index in [0.29, 0.717) is 5.95 Å². The summed E-state index contributed by atoms with van der Waals surface area (Å²) in [7, 11) is 1.65. The Kier molecular flexibility index (Phi) is 3.46. The number of rotatable bonds is 3. The average Bonchev–Trinajstić information content (AvgIpc) is 2.41. The minimum absolute atomic E-state index is 0.322. The first-order valence-electron chi connectivity index (χ1n) is 5.93. The van der Waals surface area contributed by atoms with Crippen LogP contribution in [0.4, 0.5) is 5.95 Å². The van der Waals surface area contributed by atoms with Crippen molar-refractivity contribution < 1.29 is 4.74 Å². The number of hydrogen-bond donors (Lipinski definition) is 1. The predicted molar refractivity (Wildman–Crippen MR) is 72.5 cm³/mol. The molecule has 1 heterocycles. The molecule has 0 aliphatic carbocycles. The molecule has 0 saturated carbocycles. The van der Waals surface area contributed by atoms with E-state index in [2.05, 4.69) is 16.9 Å². The zero-order valence-corrected chi connectivity index (χ0v) is 10.9. The van der Waals surface area contributed by atoms with Gasteiger partial charge in [0.05, 0.1) is 12.8 Å². The van der Waals surface area contributed by atoms with Gasteiger partial charge < -0.3 is 10.5 Å². The lowest BCUT2D eigenvalue weighted by atomic mass is 10.0. The summed E-state index contributed by atoms with van der Waals surface area (Å²) < 4.78 is 5.15. The van der Waals surface area contributed by atoms with Crippen molar-refractivity contribution in [2.75, 3.05) is 12.8 Å². The maximum absolute atomic E-state index is 5.75. The number of nitrogen functional groups attached to an aromatic ring is 1. The van der Waals surface area contributed by atoms with Crippen molar-refractivity contribution in [1.82, 2.24) is 9.97 Å². The monoisotopic (exact) mass is 243 g/mol. The van der Waals surface area contributed by atoms with E-state index >= 15 is 0 Å². The van der Waals surface area contributed by atoms with Crippen molar-refractivity contribution in [3.05, 3.63) is 35.5 Å². The third-order valence-electron chi connectivity index (χ3n) is 2.96. The fourth-order valence-electron chi connectivity index (χ4n) is 1.96. The molecule has 0 fully saturated rings. The van der Waals surface area contributed by atoms with Crippen molar-refractivity contribution in [2.24, 2.45) is 0 Å². The molecule has 0 spiro atoms. The van der Waals surface area contributed by atoms with Crippen LogP contribution in [0, 0.1) is 6.92 Å². The smallest absolute Gasteiger partial charge is 0.220 e. The van der Waals surface area contributed by atoms with Crippen LogP contribution in [0.25, 0.3) is 11.3 Å². The van der Waals surface area contributed by atoms with Crippen LogP contribution in [0.2, 0.25) is 0 Å². The number of nitrogens with two attached hydrogens (primary N) is 1. The highest BCUT2D eigenvalue weighted by Crippen LogP contribution is 2.25. The number of hydrogen-bond acceptors (Lipinski definition) is 4. The van der Waals surface area contributed by atoms with Crippen LogP contribution in [0.3, 0.4) is 0 Å². The Hall–Kier alpha value is -2.10. The Morgan fingerprint density at radius 3 is 2.39 bits per heavy atom. The zero-order valence-electron chi connectivity index (χ0n) is 10.9. The number of benzene rings is 1. The van der Waals surface area contributed by atoms with Crippen molar-refractivity contribution in [2.45, 2.75) is 20.3 Å². The van der Waals surface area contributed by atoms with Gasteiger partial charge in [-0.1, -0.05) is 6.92 Å². The molecule has 2 N–H and O–H groups in total. The van der Waals surface area contributed by atoms with Crippen LogP contribution >= 0.6 is 0 Å². The maximum atomic E-state index is 5.75. The van der Waals surface area contributed by atoms with Gasteiger partial charge in [-0.25, -0.2) is 9.97 Å². The van der Waals surface area contributed by atoms with Crippen molar-refractivity contribution >= 4 is 5.95 Å². The number of methoxy groups -OCH3 is 1. The number of anilines is 1. The largest absolute Gasteiger partial charge is 0.497 e. The first-order valence-corrected chi connectivity index (χ1v) is 5.93. The number of ether oxygens (including phenoxy) is 1. The van der Waals surface area contributed by atoms with Gasteiger partial charge >= 0.3 is 0 Å². The van der Waals surface area contributed by atoms with Gasteiger partial charge in [0.25, 0.3) is 0 Å². The first kappa shape index (κ1) is 12.4. The Bertz CT molecular complexity index is 550. The Morgan fingerprint density at radius 1 is 1.17 bits per heavy atom. The van der Waals surface area contributed by atoms with E-state index in [4.69, 9.17) is 10.5 Å². The van der Waals surface area contributed by atoms with Crippen molar-refractivity contribution in [1.29, 1.82) is 0 Å². The molecular weight excluding hydrogens is 226 g/mol. The second kappa shape index (κ2) is 5.04. The molecule has 1 aromatic heterocycles. The van der Waals surface area contributed by atoms with Gasteiger partial charge in [0, 0.05) is 11.3 Å². The summed E-state index contributed by atoms with van der Waals surface area (Å²) in [5.41, 5.74) is 9.74. The SMILES string of the molecule is CCc1nc(N)nc(-c2ccc(OC)cc2)c1C. The van der Waals surface area contributed by atoms with Gasteiger partial charge in [0.2, 0.25) is 5.95 Å². The molecule has 1 aromatic carbocycles. The van der Waals surface area contributed by atoms with Crippen LogP contribution in [0.5, 0.6) is 5.75 Å². The maximum Gasteiger partial charge on any atom is 0.220 e. The number of aromatic nitrogens is 2. The van der Waals surface area contributed by atoms with Gasteiger partial charge in [-0.15, -0.1) is 0 Å². The molecule has 2 rings (SSSR count). The highest BCUT2D eigenvalue weighted by Gasteiger charge is 2.10. The van der Waals surface area contributed by atoms with E-state index in [0.717, 1.165) is 34.7 Å². The molecule has 0 bridgehead atoms. The molecule has 2 aromatic rings. The molecule has 4 heteroatoms. The van der Waals surface area contributed by atoms with E-state index in [1.54, 1.807) is 7.11 Å².